The highest BCUT2D eigenvalue weighted by molar-refractivity contribution is 7.92. The molecule has 0 unspecified atom stereocenters. The molecule has 1 amide bonds. The molecule has 0 spiro atoms. The zero-order valence-electron chi connectivity index (χ0n) is 18.4. The molecule has 1 aliphatic rings. The Kier molecular flexibility index (Phi) is 7.69. The fourth-order valence-corrected chi connectivity index (χ4v) is 4.49. The van der Waals surface area contributed by atoms with Gasteiger partial charge in [-0.3, -0.25) is 9.48 Å². The largest absolute Gasteiger partial charge is 0.501 e. The van der Waals surface area contributed by atoms with Gasteiger partial charge in [-0.2, -0.15) is 31.4 Å². The van der Waals surface area contributed by atoms with Crippen molar-refractivity contribution in [1.29, 1.82) is 5.41 Å². The van der Waals surface area contributed by atoms with Crippen LogP contribution in [0.4, 0.5) is 37.8 Å². The van der Waals surface area contributed by atoms with E-state index in [0.717, 1.165) is 24.3 Å². The Labute approximate surface area is 201 Å². The molecule has 1 aliphatic carbocycles. The lowest BCUT2D eigenvalue weighted by Crippen LogP contribution is -2.39. The second-order valence-electron chi connectivity index (χ2n) is 8.17. The number of nitrogens with one attached hydrogen (secondary N) is 3. The van der Waals surface area contributed by atoms with Crippen LogP contribution in [0.5, 0.6) is 0 Å². The van der Waals surface area contributed by atoms with Crippen LogP contribution in [-0.2, 0) is 9.84 Å². The van der Waals surface area contributed by atoms with Crippen molar-refractivity contribution in [2.24, 2.45) is 5.73 Å². The van der Waals surface area contributed by atoms with Crippen molar-refractivity contribution in [2.45, 2.75) is 54.3 Å². The maximum Gasteiger partial charge on any atom is 0.501 e. The molecule has 36 heavy (non-hydrogen) atoms. The van der Waals surface area contributed by atoms with E-state index in [9.17, 15) is 39.6 Å². The molecule has 198 valence electrons. The molecule has 1 saturated carbocycles. The number of primary amides is 1. The Morgan fingerprint density at radius 2 is 1.78 bits per heavy atom. The summed E-state index contributed by atoms with van der Waals surface area (Å²) in [6.07, 6.45) is -3.00. The van der Waals surface area contributed by atoms with Gasteiger partial charge in [0.05, 0.1) is 17.4 Å². The van der Waals surface area contributed by atoms with Crippen LogP contribution in [0.15, 0.2) is 35.4 Å². The first-order valence-corrected chi connectivity index (χ1v) is 12.0. The topological polar surface area (TPSA) is 143 Å². The molecule has 16 heteroatoms. The summed E-state index contributed by atoms with van der Waals surface area (Å²) in [5.41, 5.74) is 0.150. The van der Waals surface area contributed by atoms with Gasteiger partial charge in [-0.25, -0.2) is 8.42 Å². The molecule has 1 heterocycles. The molecule has 1 fully saturated rings. The Morgan fingerprint density at radius 3 is 2.31 bits per heavy atom. The van der Waals surface area contributed by atoms with Crippen LogP contribution in [0.1, 0.15) is 42.1 Å². The lowest BCUT2D eigenvalue weighted by atomic mass is 9.89. The summed E-state index contributed by atoms with van der Waals surface area (Å²) in [6, 6.07) is 2.71. The molecule has 5 N–H and O–H groups in total. The van der Waals surface area contributed by atoms with E-state index in [1.165, 1.54) is 10.9 Å². The number of alkyl halides is 6. The fourth-order valence-electron chi connectivity index (χ4n) is 3.73. The Balaban J connectivity index is 1.72. The van der Waals surface area contributed by atoms with Crippen molar-refractivity contribution in [3.8, 4) is 0 Å². The van der Waals surface area contributed by atoms with Crippen LogP contribution in [0.3, 0.4) is 0 Å². The monoisotopic (exact) mass is 540 g/mol. The molecular weight excluding hydrogens is 518 g/mol. The average Bonchev–Trinajstić information content (AvgIpc) is 3.16. The third-order valence-corrected chi connectivity index (χ3v) is 7.05. The number of carbonyl (C=O) groups excluding carboxylic acids is 1. The van der Waals surface area contributed by atoms with Crippen molar-refractivity contribution in [3.63, 3.8) is 0 Å². The predicted molar refractivity (Wildman–Crippen MR) is 117 cm³/mol. The highest BCUT2D eigenvalue weighted by Crippen LogP contribution is 2.32. The second-order valence-corrected chi connectivity index (χ2v) is 10.1. The summed E-state index contributed by atoms with van der Waals surface area (Å²) in [5.74, 6) is -0.943. The minimum absolute atomic E-state index is 0.0628. The van der Waals surface area contributed by atoms with Gasteiger partial charge in [0.1, 0.15) is 5.56 Å². The van der Waals surface area contributed by atoms with Crippen molar-refractivity contribution < 1.29 is 39.6 Å². The molecular formula is C20H22F6N6O3S. The van der Waals surface area contributed by atoms with Crippen LogP contribution in [0.25, 0.3) is 0 Å². The molecule has 0 bridgehead atoms. The number of halogens is 6. The van der Waals surface area contributed by atoms with E-state index in [1.807, 2.05) is 0 Å². The highest BCUT2D eigenvalue weighted by Gasteiger charge is 2.46. The summed E-state index contributed by atoms with van der Waals surface area (Å²) >= 11 is 0. The lowest BCUT2D eigenvalue weighted by molar-refractivity contribution is -0.133. The first-order chi connectivity index (χ1) is 16.6. The van der Waals surface area contributed by atoms with Crippen molar-refractivity contribution in [2.75, 3.05) is 11.9 Å². The molecule has 1 aromatic heterocycles. The van der Waals surface area contributed by atoms with Gasteiger partial charge in [0.25, 0.3) is 15.7 Å². The van der Waals surface area contributed by atoms with Crippen LogP contribution in [-0.4, -0.2) is 54.1 Å². The van der Waals surface area contributed by atoms with E-state index in [0.29, 0.717) is 12.8 Å². The van der Waals surface area contributed by atoms with Gasteiger partial charge in [0.2, 0.25) is 0 Å². The standard InChI is InChI=1S/C20H22F6N6O3S/c21-19(22,23)7-8-29-12-3-6-16(15(27)9-12)32-10-14(17(28)33)18(31-32)30-11-1-4-13(5-2-11)36(34,35)20(24,25)26/h1-2,4-5,10,12,16,27,29H,3,6-9H2,(H2,28,33)(H,30,31)/t12-,16-/m0/s1. The summed E-state index contributed by atoms with van der Waals surface area (Å²) in [5, 5.41) is 18.0. The number of nitrogens with zero attached hydrogens (tertiary/aromatic N) is 2. The van der Waals surface area contributed by atoms with Gasteiger partial charge in [-0.15, -0.1) is 0 Å². The number of amides is 1. The van der Waals surface area contributed by atoms with Gasteiger partial charge < -0.3 is 21.8 Å². The van der Waals surface area contributed by atoms with Gasteiger partial charge >= 0.3 is 11.7 Å². The van der Waals surface area contributed by atoms with Crippen LogP contribution < -0.4 is 16.4 Å². The SMILES string of the molecule is N=C1C[C@@H](NCCC(F)(F)F)CC[C@@H]1n1cc(C(N)=O)c(Nc2ccc(S(=O)(=O)C(F)(F)F)cc2)n1. The molecule has 2 atom stereocenters. The molecule has 0 aliphatic heterocycles. The van der Waals surface area contributed by atoms with E-state index in [-0.39, 0.29) is 41.8 Å². The van der Waals surface area contributed by atoms with E-state index >= 15 is 0 Å². The average molecular weight is 540 g/mol. The number of rotatable bonds is 8. The maximum absolute atomic E-state index is 12.7. The van der Waals surface area contributed by atoms with Crippen molar-refractivity contribution in [1.82, 2.24) is 15.1 Å². The van der Waals surface area contributed by atoms with Crippen molar-refractivity contribution in [3.05, 3.63) is 36.0 Å². The number of nitrogens with two attached hydrogens (primary N) is 1. The predicted octanol–water partition coefficient (Wildman–Crippen LogP) is 3.67. The normalized spacial score (nSPS) is 19.3. The first-order valence-electron chi connectivity index (χ1n) is 10.5. The van der Waals surface area contributed by atoms with Gasteiger partial charge in [0.15, 0.2) is 5.82 Å². The van der Waals surface area contributed by atoms with Gasteiger partial charge in [-0.1, -0.05) is 0 Å². The fraction of sp³-hybridized carbons (Fsp3) is 0.450. The zero-order chi connectivity index (χ0) is 26.9. The zero-order valence-corrected chi connectivity index (χ0v) is 19.3. The maximum atomic E-state index is 12.7. The molecule has 0 saturated heterocycles. The Bertz CT molecular complexity index is 1220. The highest BCUT2D eigenvalue weighted by atomic mass is 32.2. The molecule has 2 aromatic rings. The van der Waals surface area contributed by atoms with Crippen molar-refractivity contribution >= 4 is 33.0 Å². The molecule has 3 rings (SSSR count). The van der Waals surface area contributed by atoms with E-state index in [2.05, 4.69) is 15.7 Å². The van der Waals surface area contributed by atoms with E-state index < -0.39 is 44.8 Å². The Hall–Kier alpha value is -3.14. The second kappa shape index (κ2) is 10.1. The number of benzene rings is 1. The smallest absolute Gasteiger partial charge is 0.365 e. The number of hydrogen-bond donors (Lipinski definition) is 4. The number of aromatic nitrogens is 2. The number of hydrogen-bond acceptors (Lipinski definition) is 7. The summed E-state index contributed by atoms with van der Waals surface area (Å²) in [7, 11) is -5.53. The molecule has 0 radical (unpaired) electrons. The third kappa shape index (κ3) is 6.34. The van der Waals surface area contributed by atoms with E-state index in [1.54, 1.807) is 0 Å². The lowest BCUT2D eigenvalue weighted by Gasteiger charge is -2.30. The summed E-state index contributed by atoms with van der Waals surface area (Å²) < 4.78 is 99.5. The van der Waals surface area contributed by atoms with Gasteiger partial charge in [0, 0.05) is 36.6 Å². The van der Waals surface area contributed by atoms with Gasteiger partial charge in [-0.05, 0) is 37.1 Å². The van der Waals surface area contributed by atoms with Crippen LogP contribution in [0.2, 0.25) is 0 Å². The van der Waals surface area contributed by atoms with E-state index in [4.69, 9.17) is 11.1 Å². The quantitative estimate of drug-likeness (QED) is 0.376. The van der Waals surface area contributed by atoms with Crippen LogP contribution in [0, 0.1) is 5.41 Å². The Morgan fingerprint density at radius 1 is 1.14 bits per heavy atom. The number of carbonyl (C=O) groups is 1. The third-order valence-electron chi connectivity index (χ3n) is 5.55. The minimum Gasteiger partial charge on any atom is -0.365 e. The summed E-state index contributed by atoms with van der Waals surface area (Å²) in [6.45, 7) is -0.267. The number of anilines is 2. The molecule has 1 aromatic carbocycles. The minimum atomic E-state index is -5.53. The first kappa shape index (κ1) is 27.4. The number of sulfone groups is 1. The summed E-state index contributed by atoms with van der Waals surface area (Å²) in [4.78, 5) is 10.9. The van der Waals surface area contributed by atoms with Crippen LogP contribution >= 0.6 is 0 Å². The molecule has 9 nitrogen and oxygen atoms in total.